The summed E-state index contributed by atoms with van der Waals surface area (Å²) in [5.41, 5.74) is 0.728. The van der Waals surface area contributed by atoms with Gasteiger partial charge in [0.25, 0.3) is 10.0 Å². The number of hydrogen-bond donors (Lipinski definition) is 1. The number of esters is 1. The van der Waals surface area contributed by atoms with E-state index in [4.69, 9.17) is 27.9 Å². The van der Waals surface area contributed by atoms with Crippen LogP contribution < -0.4 is 9.62 Å². The van der Waals surface area contributed by atoms with Gasteiger partial charge in [0.15, 0.2) is 0 Å². The predicted molar refractivity (Wildman–Crippen MR) is 153 cm³/mol. The van der Waals surface area contributed by atoms with Crippen LogP contribution in [-0.2, 0) is 26.1 Å². The highest BCUT2D eigenvalue weighted by atomic mass is 35.5. The van der Waals surface area contributed by atoms with Gasteiger partial charge in [0.05, 0.1) is 16.1 Å². The Morgan fingerprint density at radius 3 is 2.26 bits per heavy atom. The number of hydrogen-bond acceptors (Lipinski definition) is 5. The zero-order valence-corrected chi connectivity index (χ0v) is 23.8. The maximum atomic E-state index is 13.9. The highest BCUT2D eigenvalue weighted by molar-refractivity contribution is 7.93. The summed E-state index contributed by atoms with van der Waals surface area (Å²) in [6, 6.07) is 19.5. The fraction of sp³-hybridized carbons (Fsp3) is 0.214. The predicted octanol–water partition coefficient (Wildman–Crippen LogP) is 6.24. The lowest BCUT2D eigenvalue weighted by Crippen LogP contribution is -2.39. The molecule has 1 amide bonds. The molecule has 204 valence electrons. The Balaban J connectivity index is 1.76. The number of benzene rings is 3. The van der Waals surface area contributed by atoms with Crippen molar-refractivity contribution >= 4 is 61.8 Å². The van der Waals surface area contributed by atoms with Crippen LogP contribution in [-0.4, -0.2) is 37.1 Å². The summed E-state index contributed by atoms with van der Waals surface area (Å²) in [4.78, 5) is 25.7. The van der Waals surface area contributed by atoms with Gasteiger partial charge in [-0.1, -0.05) is 59.6 Å². The fourth-order valence-electron chi connectivity index (χ4n) is 4.00. The van der Waals surface area contributed by atoms with Crippen molar-refractivity contribution in [1.29, 1.82) is 0 Å². The van der Waals surface area contributed by atoms with Gasteiger partial charge in [-0.3, -0.25) is 13.7 Å². The second-order valence-electron chi connectivity index (χ2n) is 9.74. The standard InChI is InChI=1S/C28H27Cl2N3O5S/c1-28(2,3)38-26(34)18-33(39(36,37)22-15-20(29)14-21(30)16-22)25-11-7-10-24-23(25)12-13-32(24)27(35)31-17-19-8-5-4-6-9-19/h4-16H,17-18H2,1-3H3,(H,31,35). The molecule has 0 atom stereocenters. The molecule has 0 saturated carbocycles. The largest absolute Gasteiger partial charge is 0.459 e. The number of fused-ring (bicyclic) bond motifs is 1. The molecule has 0 aliphatic rings. The maximum absolute atomic E-state index is 13.9. The Kier molecular flexibility index (Phi) is 8.25. The first-order valence-corrected chi connectivity index (χ1v) is 14.2. The van der Waals surface area contributed by atoms with Crippen molar-refractivity contribution in [2.24, 2.45) is 0 Å². The normalized spacial score (nSPS) is 11.8. The summed E-state index contributed by atoms with van der Waals surface area (Å²) in [5.74, 6) is -0.753. The van der Waals surface area contributed by atoms with E-state index >= 15 is 0 Å². The maximum Gasteiger partial charge on any atom is 0.327 e. The molecule has 0 spiro atoms. The lowest BCUT2D eigenvalue weighted by atomic mass is 10.2. The van der Waals surface area contributed by atoms with Gasteiger partial charge in [-0.15, -0.1) is 0 Å². The molecule has 0 unspecified atom stereocenters. The number of carbonyl (C=O) groups excluding carboxylic acids is 2. The molecular formula is C28H27Cl2N3O5S. The van der Waals surface area contributed by atoms with Crippen molar-refractivity contribution in [3.8, 4) is 0 Å². The van der Waals surface area contributed by atoms with Gasteiger partial charge >= 0.3 is 12.0 Å². The topological polar surface area (TPSA) is 97.7 Å². The second-order valence-corrected chi connectivity index (χ2v) is 12.5. The molecule has 0 radical (unpaired) electrons. The van der Waals surface area contributed by atoms with Gasteiger partial charge in [-0.05, 0) is 62.7 Å². The average Bonchev–Trinajstić information content (AvgIpc) is 3.29. The number of carbonyl (C=O) groups is 2. The zero-order valence-electron chi connectivity index (χ0n) is 21.5. The Morgan fingerprint density at radius 2 is 1.62 bits per heavy atom. The van der Waals surface area contributed by atoms with Crippen LogP contribution in [0.2, 0.25) is 10.0 Å². The number of halogens is 2. The van der Waals surface area contributed by atoms with E-state index in [-0.39, 0.29) is 20.6 Å². The lowest BCUT2D eigenvalue weighted by molar-refractivity contribution is -0.152. The molecule has 39 heavy (non-hydrogen) atoms. The minimum atomic E-state index is -4.34. The van der Waals surface area contributed by atoms with Crippen LogP contribution in [0.4, 0.5) is 10.5 Å². The summed E-state index contributed by atoms with van der Waals surface area (Å²) < 4.78 is 35.6. The van der Waals surface area contributed by atoms with Gasteiger partial charge in [0.2, 0.25) is 0 Å². The molecule has 11 heteroatoms. The van der Waals surface area contributed by atoms with Crippen LogP contribution in [0.5, 0.6) is 0 Å². The minimum Gasteiger partial charge on any atom is -0.459 e. The summed E-state index contributed by atoms with van der Waals surface area (Å²) in [7, 11) is -4.34. The molecule has 1 N–H and O–H groups in total. The molecular weight excluding hydrogens is 561 g/mol. The van der Waals surface area contributed by atoms with Gasteiger partial charge in [-0.25, -0.2) is 13.2 Å². The number of nitrogens with zero attached hydrogens (tertiary/aromatic N) is 2. The number of anilines is 1. The molecule has 0 aliphatic carbocycles. The number of amides is 1. The summed E-state index contributed by atoms with van der Waals surface area (Å²) >= 11 is 12.2. The quantitative estimate of drug-likeness (QED) is 0.258. The zero-order chi connectivity index (χ0) is 28.4. The third kappa shape index (κ3) is 6.73. The van der Waals surface area contributed by atoms with Crippen LogP contribution in [0.1, 0.15) is 26.3 Å². The van der Waals surface area contributed by atoms with Crippen molar-refractivity contribution in [3.05, 3.63) is 94.6 Å². The molecule has 4 rings (SSSR count). The summed E-state index contributed by atoms with van der Waals surface area (Å²) in [5, 5.41) is 3.54. The molecule has 0 fully saturated rings. The van der Waals surface area contributed by atoms with E-state index in [1.165, 1.54) is 22.8 Å². The average molecular weight is 589 g/mol. The lowest BCUT2D eigenvalue weighted by Gasteiger charge is -2.27. The number of ether oxygens (including phenoxy) is 1. The van der Waals surface area contributed by atoms with Gasteiger partial charge < -0.3 is 10.1 Å². The number of nitrogens with one attached hydrogen (secondary N) is 1. The van der Waals surface area contributed by atoms with Crippen LogP contribution >= 0.6 is 23.2 Å². The van der Waals surface area contributed by atoms with E-state index in [0.29, 0.717) is 17.4 Å². The van der Waals surface area contributed by atoms with Crippen LogP contribution in [0, 0.1) is 0 Å². The SMILES string of the molecule is CC(C)(C)OC(=O)CN(c1cccc2c1ccn2C(=O)NCc1ccccc1)S(=O)(=O)c1cc(Cl)cc(Cl)c1. The molecule has 8 nitrogen and oxygen atoms in total. The van der Waals surface area contributed by atoms with Crippen LogP contribution in [0.25, 0.3) is 10.9 Å². The first kappa shape index (κ1) is 28.5. The van der Waals surface area contributed by atoms with E-state index in [0.717, 1.165) is 9.87 Å². The van der Waals surface area contributed by atoms with Gasteiger partial charge in [0.1, 0.15) is 12.1 Å². The smallest absolute Gasteiger partial charge is 0.327 e. The van der Waals surface area contributed by atoms with E-state index in [1.54, 1.807) is 51.2 Å². The van der Waals surface area contributed by atoms with Gasteiger partial charge in [0, 0.05) is 28.2 Å². The molecule has 1 heterocycles. The van der Waals surface area contributed by atoms with Crippen molar-refractivity contribution in [1.82, 2.24) is 9.88 Å². The van der Waals surface area contributed by atoms with E-state index < -0.39 is 34.2 Å². The third-order valence-corrected chi connectivity index (χ3v) is 7.77. The Hall–Kier alpha value is -3.53. The molecule has 3 aromatic carbocycles. The summed E-state index contributed by atoms with van der Waals surface area (Å²) in [6.45, 7) is 4.77. The Labute approximate surface area is 237 Å². The third-order valence-electron chi connectivity index (χ3n) is 5.60. The highest BCUT2D eigenvalue weighted by Gasteiger charge is 2.31. The van der Waals surface area contributed by atoms with E-state index in [1.807, 2.05) is 30.3 Å². The molecule has 4 aromatic rings. The minimum absolute atomic E-state index is 0.123. The van der Waals surface area contributed by atoms with Gasteiger partial charge in [-0.2, -0.15) is 0 Å². The molecule has 1 aromatic heterocycles. The molecule has 0 saturated heterocycles. The van der Waals surface area contributed by atoms with Crippen molar-refractivity contribution in [2.75, 3.05) is 10.8 Å². The van der Waals surface area contributed by atoms with Crippen molar-refractivity contribution < 1.29 is 22.7 Å². The van der Waals surface area contributed by atoms with Crippen LogP contribution in [0.15, 0.2) is 83.9 Å². The summed E-state index contributed by atoms with van der Waals surface area (Å²) in [6.07, 6.45) is 1.54. The molecule has 0 aliphatic heterocycles. The van der Waals surface area contributed by atoms with Crippen LogP contribution in [0.3, 0.4) is 0 Å². The van der Waals surface area contributed by atoms with E-state index in [9.17, 15) is 18.0 Å². The fourth-order valence-corrected chi connectivity index (χ4v) is 6.16. The number of rotatable bonds is 7. The first-order chi connectivity index (χ1) is 18.3. The van der Waals surface area contributed by atoms with Crippen molar-refractivity contribution in [2.45, 2.75) is 37.8 Å². The van der Waals surface area contributed by atoms with E-state index in [2.05, 4.69) is 5.32 Å². The number of sulfonamides is 1. The monoisotopic (exact) mass is 587 g/mol. The Morgan fingerprint density at radius 1 is 0.949 bits per heavy atom. The Bertz CT molecular complexity index is 1610. The van der Waals surface area contributed by atoms with Crippen molar-refractivity contribution in [3.63, 3.8) is 0 Å². The molecule has 0 bridgehead atoms. The first-order valence-electron chi connectivity index (χ1n) is 12.0. The highest BCUT2D eigenvalue weighted by Crippen LogP contribution is 2.33. The number of aromatic nitrogens is 1. The second kappa shape index (κ2) is 11.3.